The van der Waals surface area contributed by atoms with Gasteiger partial charge >= 0.3 is 6.03 Å². The number of anilines is 1. The number of nitrogen functional groups attached to an aromatic ring is 1. The number of nitrogens with zero attached hydrogens (tertiary/aromatic N) is 1. The average molecular weight is 339 g/mol. The highest BCUT2D eigenvalue weighted by atomic mass is 35.5. The second-order valence-electron chi connectivity index (χ2n) is 4.34. The lowest BCUT2D eigenvalue weighted by atomic mass is 10.3. The van der Waals surface area contributed by atoms with E-state index < -0.39 is 20.7 Å². The highest BCUT2D eigenvalue weighted by molar-refractivity contribution is 7.89. The van der Waals surface area contributed by atoms with Crippen molar-refractivity contribution in [3.8, 4) is 0 Å². The van der Waals surface area contributed by atoms with Crippen LogP contribution in [0.5, 0.6) is 0 Å². The average Bonchev–Trinajstić information content (AvgIpc) is 2.38. The second-order valence-corrected chi connectivity index (χ2v) is 6.48. The van der Waals surface area contributed by atoms with Gasteiger partial charge in [-0.25, -0.2) is 22.3 Å². The number of benzene rings is 1. The van der Waals surface area contributed by atoms with Gasteiger partial charge in [-0.3, -0.25) is 0 Å². The van der Waals surface area contributed by atoms with Crippen molar-refractivity contribution in [1.82, 2.24) is 14.9 Å². The lowest BCUT2D eigenvalue weighted by Crippen LogP contribution is -2.39. The van der Waals surface area contributed by atoms with Gasteiger partial charge in [0.25, 0.3) is 0 Å². The zero-order valence-electron chi connectivity index (χ0n) is 11.5. The Balaban J connectivity index is 2.73. The molecule has 0 bridgehead atoms. The number of carbonyl (C=O) groups is 1. The Labute approximate surface area is 127 Å². The van der Waals surface area contributed by atoms with Gasteiger partial charge in [0.15, 0.2) is 5.82 Å². The van der Waals surface area contributed by atoms with Crippen LogP contribution < -0.4 is 15.8 Å². The standard InChI is InChI=1S/C11H16ClFN4O3S/c1-17(2)11(18)15-3-4-16-21(19,20)9-6-7(14)5-8(12)10(9)13/h5-6,16H,3-4,14H2,1-2H3,(H,15,18). The van der Waals surface area contributed by atoms with E-state index in [1.807, 2.05) is 0 Å². The maximum atomic E-state index is 13.7. The van der Waals surface area contributed by atoms with Gasteiger partial charge in [0.2, 0.25) is 10.0 Å². The van der Waals surface area contributed by atoms with E-state index in [4.69, 9.17) is 17.3 Å². The molecule has 0 heterocycles. The Morgan fingerprint density at radius 3 is 2.57 bits per heavy atom. The molecule has 0 atom stereocenters. The first-order valence-corrected chi connectivity index (χ1v) is 7.70. The van der Waals surface area contributed by atoms with Crippen LogP contribution in [0.4, 0.5) is 14.9 Å². The van der Waals surface area contributed by atoms with E-state index in [-0.39, 0.29) is 29.8 Å². The number of nitrogens with two attached hydrogens (primary N) is 1. The van der Waals surface area contributed by atoms with Crippen LogP contribution in [0.25, 0.3) is 0 Å². The zero-order valence-corrected chi connectivity index (χ0v) is 13.1. The van der Waals surface area contributed by atoms with Crippen LogP contribution in [0, 0.1) is 5.82 Å². The molecule has 7 nitrogen and oxygen atoms in total. The summed E-state index contributed by atoms with van der Waals surface area (Å²) in [6.07, 6.45) is 0. The molecule has 1 aromatic rings. The first-order valence-electron chi connectivity index (χ1n) is 5.84. The van der Waals surface area contributed by atoms with Crippen molar-refractivity contribution in [2.45, 2.75) is 4.90 Å². The number of urea groups is 1. The molecule has 0 radical (unpaired) electrons. The summed E-state index contributed by atoms with van der Waals surface area (Å²) in [4.78, 5) is 11.9. The monoisotopic (exact) mass is 338 g/mol. The van der Waals surface area contributed by atoms with Gasteiger partial charge in [0.1, 0.15) is 4.90 Å². The van der Waals surface area contributed by atoms with Crippen molar-refractivity contribution in [3.05, 3.63) is 23.0 Å². The van der Waals surface area contributed by atoms with Crippen molar-refractivity contribution in [1.29, 1.82) is 0 Å². The lowest BCUT2D eigenvalue weighted by Gasteiger charge is -2.13. The third kappa shape index (κ3) is 4.73. The molecule has 0 aromatic heterocycles. The molecule has 118 valence electrons. The number of rotatable bonds is 5. The smallest absolute Gasteiger partial charge is 0.316 e. The maximum absolute atomic E-state index is 13.7. The minimum absolute atomic E-state index is 0.0303. The lowest BCUT2D eigenvalue weighted by molar-refractivity contribution is 0.217. The summed E-state index contributed by atoms with van der Waals surface area (Å²) in [5, 5.41) is 2.08. The van der Waals surface area contributed by atoms with E-state index in [1.54, 1.807) is 14.1 Å². The van der Waals surface area contributed by atoms with Crippen molar-refractivity contribution in [2.24, 2.45) is 0 Å². The molecule has 0 aliphatic heterocycles. The van der Waals surface area contributed by atoms with Crippen molar-refractivity contribution >= 4 is 33.3 Å². The molecule has 2 amide bonds. The number of hydrogen-bond acceptors (Lipinski definition) is 4. The molecule has 1 rings (SSSR count). The highest BCUT2D eigenvalue weighted by Gasteiger charge is 2.21. The van der Waals surface area contributed by atoms with Crippen LogP contribution in [0.2, 0.25) is 5.02 Å². The van der Waals surface area contributed by atoms with Gasteiger partial charge < -0.3 is 16.0 Å². The molecule has 1 aromatic carbocycles. The topological polar surface area (TPSA) is 105 Å². The number of sulfonamides is 1. The fraction of sp³-hybridized carbons (Fsp3) is 0.364. The molecule has 0 fully saturated rings. The van der Waals surface area contributed by atoms with Gasteiger partial charge in [-0.15, -0.1) is 0 Å². The summed E-state index contributed by atoms with van der Waals surface area (Å²) in [6.45, 7) is -0.0539. The van der Waals surface area contributed by atoms with Gasteiger partial charge in [0, 0.05) is 32.9 Å². The minimum atomic E-state index is -4.11. The number of nitrogens with one attached hydrogen (secondary N) is 2. The summed E-state index contributed by atoms with van der Waals surface area (Å²) in [5.74, 6) is -1.07. The second kappa shape index (κ2) is 6.92. The van der Waals surface area contributed by atoms with E-state index in [1.165, 1.54) is 4.90 Å². The normalized spacial score (nSPS) is 11.2. The van der Waals surface area contributed by atoms with Gasteiger partial charge in [-0.2, -0.15) is 0 Å². The van der Waals surface area contributed by atoms with Crippen LogP contribution in [0.3, 0.4) is 0 Å². The van der Waals surface area contributed by atoms with Gasteiger partial charge in [-0.05, 0) is 12.1 Å². The SMILES string of the molecule is CN(C)C(=O)NCCNS(=O)(=O)c1cc(N)cc(Cl)c1F. The van der Waals surface area contributed by atoms with Gasteiger partial charge in [0.05, 0.1) is 5.02 Å². The number of carbonyl (C=O) groups excluding carboxylic acids is 1. The van der Waals surface area contributed by atoms with E-state index in [9.17, 15) is 17.6 Å². The molecular weight excluding hydrogens is 323 g/mol. The van der Waals surface area contributed by atoms with Gasteiger partial charge in [-0.1, -0.05) is 11.6 Å². The van der Waals surface area contributed by atoms with Crippen LogP contribution in [-0.2, 0) is 10.0 Å². The third-order valence-corrected chi connectivity index (χ3v) is 4.14. The predicted molar refractivity (Wildman–Crippen MR) is 78.1 cm³/mol. The summed E-state index contributed by atoms with van der Waals surface area (Å²) in [7, 11) is -1.02. The molecule has 0 aliphatic carbocycles. The van der Waals surface area contributed by atoms with E-state index in [0.717, 1.165) is 12.1 Å². The fourth-order valence-electron chi connectivity index (χ4n) is 1.37. The molecule has 0 unspecified atom stereocenters. The molecule has 0 spiro atoms. The molecule has 0 saturated carbocycles. The van der Waals surface area contributed by atoms with Crippen LogP contribution in [0.15, 0.2) is 17.0 Å². The van der Waals surface area contributed by atoms with Crippen LogP contribution in [0.1, 0.15) is 0 Å². The summed E-state index contributed by atoms with van der Waals surface area (Å²) in [5.41, 5.74) is 5.48. The van der Waals surface area contributed by atoms with E-state index >= 15 is 0 Å². The highest BCUT2D eigenvalue weighted by Crippen LogP contribution is 2.25. The summed E-state index contributed by atoms with van der Waals surface area (Å²) >= 11 is 5.55. The van der Waals surface area contributed by atoms with E-state index in [0.29, 0.717) is 0 Å². The number of hydrogen-bond donors (Lipinski definition) is 3. The number of halogens is 2. The zero-order chi connectivity index (χ0) is 16.2. The third-order valence-electron chi connectivity index (χ3n) is 2.41. The maximum Gasteiger partial charge on any atom is 0.316 e. The largest absolute Gasteiger partial charge is 0.399 e. The van der Waals surface area contributed by atoms with Crippen molar-refractivity contribution in [3.63, 3.8) is 0 Å². The molecular formula is C11H16ClFN4O3S. The first kappa shape index (κ1) is 17.5. The van der Waals surface area contributed by atoms with Crippen LogP contribution in [-0.4, -0.2) is 46.5 Å². The molecule has 21 heavy (non-hydrogen) atoms. The Kier molecular flexibility index (Phi) is 5.76. The Morgan fingerprint density at radius 1 is 1.38 bits per heavy atom. The molecule has 10 heteroatoms. The van der Waals surface area contributed by atoms with Crippen LogP contribution >= 0.6 is 11.6 Å². The molecule has 0 saturated heterocycles. The Morgan fingerprint density at radius 2 is 2.00 bits per heavy atom. The Bertz CT molecular complexity index is 637. The minimum Gasteiger partial charge on any atom is -0.399 e. The fourth-order valence-corrected chi connectivity index (χ4v) is 2.82. The molecule has 0 aliphatic rings. The van der Waals surface area contributed by atoms with Crippen molar-refractivity contribution < 1.29 is 17.6 Å². The van der Waals surface area contributed by atoms with Crippen molar-refractivity contribution in [2.75, 3.05) is 32.9 Å². The quantitative estimate of drug-likeness (QED) is 0.540. The summed E-state index contributed by atoms with van der Waals surface area (Å²) in [6, 6.07) is 1.72. The summed E-state index contributed by atoms with van der Waals surface area (Å²) < 4.78 is 39.8. The Hall–Kier alpha value is -1.58. The number of amides is 2. The molecule has 4 N–H and O–H groups in total. The van der Waals surface area contributed by atoms with E-state index in [2.05, 4.69) is 10.0 Å². The predicted octanol–water partition coefficient (Wildman–Crippen LogP) is 0.611. The first-order chi connectivity index (χ1) is 9.65.